The van der Waals surface area contributed by atoms with Crippen molar-refractivity contribution >= 4 is 34.7 Å². The van der Waals surface area contributed by atoms with Gasteiger partial charge in [-0.15, -0.1) is 11.3 Å². The minimum absolute atomic E-state index is 0.197. The number of primary amides is 1. The summed E-state index contributed by atoms with van der Waals surface area (Å²) in [7, 11) is 0. The predicted octanol–water partition coefficient (Wildman–Crippen LogP) is 1.99. The Morgan fingerprint density at radius 3 is 2.35 bits per heavy atom. The highest BCUT2D eigenvalue weighted by atomic mass is 32.1. The molecule has 1 aromatic carbocycles. The van der Waals surface area contributed by atoms with E-state index in [0.717, 1.165) is 0 Å². The van der Waals surface area contributed by atoms with Gasteiger partial charge >= 0.3 is 0 Å². The summed E-state index contributed by atoms with van der Waals surface area (Å²) < 4.78 is 0. The Hall–Kier alpha value is -2.67. The summed E-state index contributed by atoms with van der Waals surface area (Å²) in [5.41, 5.74) is 6.17. The Morgan fingerprint density at radius 1 is 1.13 bits per heavy atom. The molecule has 23 heavy (non-hydrogen) atoms. The summed E-state index contributed by atoms with van der Waals surface area (Å²) in [6.45, 7) is 1.76. The van der Waals surface area contributed by atoms with E-state index in [1.807, 2.05) is 5.38 Å². The number of amides is 3. The van der Waals surface area contributed by atoms with Gasteiger partial charge in [0.05, 0.1) is 4.88 Å². The van der Waals surface area contributed by atoms with Crippen molar-refractivity contribution in [1.29, 1.82) is 0 Å². The molecule has 0 aliphatic rings. The molecule has 0 saturated carbocycles. The molecule has 7 heteroatoms. The van der Waals surface area contributed by atoms with Crippen molar-refractivity contribution in [3.63, 3.8) is 0 Å². The minimum Gasteiger partial charge on any atom is -0.368 e. The van der Waals surface area contributed by atoms with Crippen LogP contribution in [0.25, 0.3) is 0 Å². The summed E-state index contributed by atoms with van der Waals surface area (Å²) >= 11 is 1.35. The Labute approximate surface area is 137 Å². The zero-order valence-corrected chi connectivity index (χ0v) is 13.4. The summed E-state index contributed by atoms with van der Waals surface area (Å²) in [5.74, 6) is -1.15. The molecule has 120 valence electrons. The SMILES string of the molecule is CCC(NC(=O)c1ccc(NC(=O)c2cccs2)cc1)C(N)=O. The van der Waals surface area contributed by atoms with Crippen molar-refractivity contribution in [3.05, 3.63) is 52.2 Å². The molecular weight excluding hydrogens is 314 g/mol. The van der Waals surface area contributed by atoms with E-state index >= 15 is 0 Å². The van der Waals surface area contributed by atoms with Crippen LogP contribution in [0.1, 0.15) is 33.4 Å². The first-order chi connectivity index (χ1) is 11.0. The molecule has 0 spiro atoms. The number of hydrogen-bond donors (Lipinski definition) is 3. The van der Waals surface area contributed by atoms with E-state index in [9.17, 15) is 14.4 Å². The smallest absolute Gasteiger partial charge is 0.265 e. The lowest BCUT2D eigenvalue weighted by molar-refractivity contribution is -0.119. The number of carbonyl (C=O) groups excluding carboxylic acids is 3. The lowest BCUT2D eigenvalue weighted by atomic mass is 10.1. The number of nitrogens with one attached hydrogen (secondary N) is 2. The maximum Gasteiger partial charge on any atom is 0.265 e. The number of nitrogens with two attached hydrogens (primary N) is 1. The van der Waals surface area contributed by atoms with Crippen LogP contribution < -0.4 is 16.4 Å². The standard InChI is InChI=1S/C16H17N3O3S/c1-2-12(14(17)20)19-15(21)10-5-7-11(8-6-10)18-16(22)13-4-3-9-23-13/h3-9,12H,2H2,1H3,(H2,17,20)(H,18,22)(H,19,21). The number of thiophene rings is 1. The number of carbonyl (C=O) groups is 3. The van der Waals surface area contributed by atoms with Gasteiger partial charge in [0.25, 0.3) is 11.8 Å². The molecule has 0 radical (unpaired) electrons. The van der Waals surface area contributed by atoms with Crippen molar-refractivity contribution in [3.8, 4) is 0 Å². The Balaban J connectivity index is 2.00. The van der Waals surface area contributed by atoms with Gasteiger partial charge in [-0.3, -0.25) is 14.4 Å². The molecule has 6 nitrogen and oxygen atoms in total. The number of hydrogen-bond acceptors (Lipinski definition) is 4. The molecule has 4 N–H and O–H groups in total. The molecule has 3 amide bonds. The highest BCUT2D eigenvalue weighted by molar-refractivity contribution is 7.12. The average Bonchev–Trinajstić information content (AvgIpc) is 3.07. The summed E-state index contributed by atoms with van der Waals surface area (Å²) in [5, 5.41) is 7.14. The maximum atomic E-state index is 12.0. The van der Waals surface area contributed by atoms with Gasteiger partial charge in [0.2, 0.25) is 5.91 Å². The lowest BCUT2D eigenvalue weighted by Gasteiger charge is -2.13. The van der Waals surface area contributed by atoms with E-state index in [1.165, 1.54) is 11.3 Å². The summed E-state index contributed by atoms with van der Waals surface area (Å²) in [6, 6.07) is 9.25. The van der Waals surface area contributed by atoms with E-state index in [4.69, 9.17) is 5.73 Å². The third-order valence-corrected chi connectivity index (χ3v) is 4.08. The molecular formula is C16H17N3O3S. The van der Waals surface area contributed by atoms with Crippen LogP contribution >= 0.6 is 11.3 Å². The van der Waals surface area contributed by atoms with E-state index in [0.29, 0.717) is 22.5 Å². The van der Waals surface area contributed by atoms with Crippen LogP contribution in [0.15, 0.2) is 41.8 Å². The van der Waals surface area contributed by atoms with Gasteiger partial charge in [0, 0.05) is 11.3 Å². The van der Waals surface area contributed by atoms with E-state index in [-0.39, 0.29) is 11.8 Å². The van der Waals surface area contributed by atoms with Gasteiger partial charge in [-0.1, -0.05) is 13.0 Å². The van der Waals surface area contributed by atoms with Gasteiger partial charge in [0.15, 0.2) is 0 Å². The topological polar surface area (TPSA) is 101 Å². The normalized spacial score (nSPS) is 11.5. The van der Waals surface area contributed by atoms with Crippen LogP contribution in [0.3, 0.4) is 0 Å². The van der Waals surface area contributed by atoms with Crippen molar-refractivity contribution in [2.24, 2.45) is 5.73 Å². The molecule has 1 heterocycles. The monoisotopic (exact) mass is 331 g/mol. The fourth-order valence-corrected chi connectivity index (χ4v) is 2.54. The first-order valence-corrected chi connectivity index (χ1v) is 7.94. The van der Waals surface area contributed by atoms with Gasteiger partial charge in [-0.2, -0.15) is 0 Å². The third-order valence-electron chi connectivity index (χ3n) is 3.21. The van der Waals surface area contributed by atoms with Gasteiger partial charge in [0.1, 0.15) is 6.04 Å². The lowest BCUT2D eigenvalue weighted by Crippen LogP contribution is -2.43. The molecule has 2 aromatic rings. The molecule has 0 bridgehead atoms. The maximum absolute atomic E-state index is 12.0. The molecule has 1 aromatic heterocycles. The van der Waals surface area contributed by atoms with Crippen LogP contribution in [-0.4, -0.2) is 23.8 Å². The predicted molar refractivity (Wildman–Crippen MR) is 89.5 cm³/mol. The number of benzene rings is 1. The van der Waals surface area contributed by atoms with Gasteiger partial charge < -0.3 is 16.4 Å². The van der Waals surface area contributed by atoms with Crippen LogP contribution in [0.4, 0.5) is 5.69 Å². The Morgan fingerprint density at radius 2 is 1.83 bits per heavy atom. The molecule has 2 rings (SSSR count). The Bertz CT molecular complexity index is 696. The van der Waals surface area contributed by atoms with Crippen molar-refractivity contribution in [2.75, 3.05) is 5.32 Å². The second kappa shape index (κ2) is 7.55. The van der Waals surface area contributed by atoms with Gasteiger partial charge in [-0.05, 0) is 42.1 Å². The largest absolute Gasteiger partial charge is 0.368 e. The quantitative estimate of drug-likeness (QED) is 0.754. The first kappa shape index (κ1) is 16.7. The van der Waals surface area contributed by atoms with Crippen LogP contribution in [-0.2, 0) is 4.79 Å². The van der Waals surface area contributed by atoms with Crippen molar-refractivity contribution in [2.45, 2.75) is 19.4 Å². The van der Waals surface area contributed by atoms with Crippen LogP contribution in [0, 0.1) is 0 Å². The molecule has 0 saturated heterocycles. The highest BCUT2D eigenvalue weighted by Gasteiger charge is 2.16. The van der Waals surface area contributed by atoms with Crippen LogP contribution in [0.2, 0.25) is 0 Å². The second-order valence-electron chi connectivity index (χ2n) is 4.85. The van der Waals surface area contributed by atoms with Crippen LogP contribution in [0.5, 0.6) is 0 Å². The molecule has 0 aliphatic heterocycles. The second-order valence-corrected chi connectivity index (χ2v) is 5.79. The summed E-state index contributed by atoms with van der Waals surface area (Å²) in [4.78, 5) is 35.7. The first-order valence-electron chi connectivity index (χ1n) is 7.06. The van der Waals surface area contributed by atoms with Gasteiger partial charge in [-0.25, -0.2) is 0 Å². The average molecular weight is 331 g/mol. The molecule has 0 fully saturated rings. The zero-order chi connectivity index (χ0) is 16.8. The van der Waals surface area contributed by atoms with E-state index in [1.54, 1.807) is 43.3 Å². The number of anilines is 1. The zero-order valence-electron chi connectivity index (χ0n) is 12.5. The fraction of sp³-hybridized carbons (Fsp3) is 0.188. The van der Waals surface area contributed by atoms with Crippen molar-refractivity contribution < 1.29 is 14.4 Å². The number of rotatable bonds is 6. The minimum atomic E-state index is -0.694. The van der Waals surface area contributed by atoms with E-state index < -0.39 is 11.9 Å². The summed E-state index contributed by atoms with van der Waals surface area (Å²) in [6.07, 6.45) is 0.427. The van der Waals surface area contributed by atoms with E-state index in [2.05, 4.69) is 10.6 Å². The third kappa shape index (κ3) is 4.40. The molecule has 1 atom stereocenters. The van der Waals surface area contributed by atoms with Crippen molar-refractivity contribution in [1.82, 2.24) is 5.32 Å². The molecule has 0 aliphatic carbocycles. The Kier molecular flexibility index (Phi) is 5.48. The highest BCUT2D eigenvalue weighted by Crippen LogP contribution is 2.14. The molecule has 1 unspecified atom stereocenters. The fourth-order valence-electron chi connectivity index (χ4n) is 1.92.